The first kappa shape index (κ1) is 11.7. The minimum absolute atomic E-state index is 0.149. The third-order valence-electron chi connectivity index (χ3n) is 2.59. The minimum atomic E-state index is -0.641. The quantitative estimate of drug-likeness (QED) is 0.625. The van der Waals surface area contributed by atoms with Crippen molar-refractivity contribution in [3.05, 3.63) is 53.4 Å². The average molecular weight is 238 g/mol. The molecule has 1 unspecified atom stereocenters. The van der Waals surface area contributed by atoms with Crippen molar-refractivity contribution in [2.75, 3.05) is 0 Å². The van der Waals surface area contributed by atoms with Crippen molar-refractivity contribution in [3.8, 4) is 0 Å². The van der Waals surface area contributed by atoms with Gasteiger partial charge in [-0.05, 0) is 24.3 Å². The maximum atomic E-state index is 13.6. The molecule has 1 aromatic carbocycles. The van der Waals surface area contributed by atoms with Crippen LogP contribution in [0.25, 0.3) is 0 Å². The van der Waals surface area contributed by atoms with Gasteiger partial charge in [0.1, 0.15) is 11.6 Å². The number of aromatic nitrogens is 2. The Balaban J connectivity index is 2.49. The highest BCUT2D eigenvalue weighted by atomic mass is 19.1. The van der Waals surface area contributed by atoms with Crippen LogP contribution in [0.1, 0.15) is 17.3 Å². The van der Waals surface area contributed by atoms with E-state index in [4.69, 9.17) is 5.84 Å². The Labute approximate surface area is 97.0 Å². The zero-order valence-corrected chi connectivity index (χ0v) is 9.19. The summed E-state index contributed by atoms with van der Waals surface area (Å²) in [5.74, 6) is 4.38. The summed E-state index contributed by atoms with van der Waals surface area (Å²) >= 11 is 0. The molecule has 0 bridgehead atoms. The van der Waals surface area contributed by atoms with Gasteiger partial charge >= 0.3 is 0 Å². The Bertz CT molecular complexity index is 524. The molecule has 1 aromatic heterocycles. The van der Waals surface area contributed by atoms with Gasteiger partial charge in [-0.1, -0.05) is 0 Å². The summed E-state index contributed by atoms with van der Waals surface area (Å²) in [5.41, 5.74) is 3.26. The number of nitrogens with zero attached hydrogens (tertiary/aromatic N) is 2. The number of hydrazine groups is 1. The molecule has 0 saturated heterocycles. The molecule has 0 spiro atoms. The van der Waals surface area contributed by atoms with Crippen LogP contribution in [-0.4, -0.2) is 9.78 Å². The maximum Gasteiger partial charge on any atom is 0.128 e. The Morgan fingerprint density at radius 3 is 2.71 bits per heavy atom. The van der Waals surface area contributed by atoms with Crippen molar-refractivity contribution in [2.24, 2.45) is 12.9 Å². The van der Waals surface area contributed by atoms with Crippen LogP contribution in [0.2, 0.25) is 0 Å². The Kier molecular flexibility index (Phi) is 3.16. The van der Waals surface area contributed by atoms with Gasteiger partial charge in [0, 0.05) is 18.8 Å². The Hall–Kier alpha value is -1.79. The summed E-state index contributed by atoms with van der Waals surface area (Å²) in [5, 5.41) is 3.97. The topological polar surface area (TPSA) is 55.9 Å². The number of benzene rings is 1. The van der Waals surface area contributed by atoms with Crippen LogP contribution in [0.3, 0.4) is 0 Å². The lowest BCUT2D eigenvalue weighted by Crippen LogP contribution is -2.31. The van der Waals surface area contributed by atoms with E-state index in [1.807, 2.05) is 0 Å². The molecule has 6 heteroatoms. The van der Waals surface area contributed by atoms with E-state index < -0.39 is 17.7 Å². The predicted octanol–water partition coefficient (Wildman–Crippen LogP) is 1.25. The lowest BCUT2D eigenvalue weighted by Gasteiger charge is -2.17. The maximum absolute atomic E-state index is 13.6. The highest BCUT2D eigenvalue weighted by Gasteiger charge is 2.19. The van der Waals surface area contributed by atoms with Gasteiger partial charge in [-0.25, -0.2) is 14.2 Å². The van der Waals surface area contributed by atoms with Gasteiger partial charge in [-0.2, -0.15) is 5.10 Å². The van der Waals surface area contributed by atoms with Crippen LogP contribution in [0.4, 0.5) is 8.78 Å². The second kappa shape index (κ2) is 4.60. The molecule has 2 aromatic rings. The molecule has 17 heavy (non-hydrogen) atoms. The van der Waals surface area contributed by atoms with Crippen molar-refractivity contribution in [1.82, 2.24) is 15.2 Å². The van der Waals surface area contributed by atoms with E-state index in [0.717, 1.165) is 18.2 Å². The molecular weight excluding hydrogens is 226 g/mol. The standard InChI is InChI=1S/C11H12F2N4/c1-17-10(4-5-15-17)11(16-14)8-6-7(12)2-3-9(8)13/h2-6,11,16H,14H2,1H3. The number of halogens is 2. The molecule has 0 amide bonds. The smallest absolute Gasteiger partial charge is 0.128 e. The molecule has 90 valence electrons. The number of hydrogen-bond acceptors (Lipinski definition) is 3. The molecule has 1 atom stereocenters. The fourth-order valence-corrected chi connectivity index (χ4v) is 1.74. The second-order valence-corrected chi connectivity index (χ2v) is 3.65. The third kappa shape index (κ3) is 2.17. The largest absolute Gasteiger partial charge is 0.271 e. The number of nitrogens with two attached hydrogens (primary N) is 1. The van der Waals surface area contributed by atoms with E-state index in [9.17, 15) is 8.78 Å². The molecular formula is C11H12F2N4. The lowest BCUT2D eigenvalue weighted by molar-refractivity contribution is 0.523. The molecule has 0 fully saturated rings. The summed E-state index contributed by atoms with van der Waals surface area (Å²) in [6.07, 6.45) is 1.57. The van der Waals surface area contributed by atoms with Crippen molar-refractivity contribution in [3.63, 3.8) is 0 Å². The normalized spacial score (nSPS) is 12.7. The summed E-state index contributed by atoms with van der Waals surface area (Å²) in [6.45, 7) is 0. The van der Waals surface area contributed by atoms with Crippen molar-refractivity contribution >= 4 is 0 Å². The van der Waals surface area contributed by atoms with Crippen LogP contribution in [0.5, 0.6) is 0 Å². The van der Waals surface area contributed by atoms with Gasteiger partial charge in [0.05, 0.1) is 11.7 Å². The summed E-state index contributed by atoms with van der Waals surface area (Å²) in [6, 6.07) is 4.31. The van der Waals surface area contributed by atoms with E-state index in [-0.39, 0.29) is 5.56 Å². The molecule has 0 saturated carbocycles. The molecule has 0 aliphatic carbocycles. The first-order valence-corrected chi connectivity index (χ1v) is 5.02. The predicted molar refractivity (Wildman–Crippen MR) is 58.7 cm³/mol. The molecule has 0 radical (unpaired) electrons. The SMILES string of the molecule is Cn1nccc1C(NN)c1cc(F)ccc1F. The molecule has 2 rings (SSSR count). The van der Waals surface area contributed by atoms with Crippen molar-refractivity contribution in [1.29, 1.82) is 0 Å². The van der Waals surface area contributed by atoms with Crippen LogP contribution in [0.15, 0.2) is 30.5 Å². The molecule has 1 heterocycles. The zero-order valence-electron chi connectivity index (χ0n) is 9.19. The number of nitrogens with one attached hydrogen (secondary N) is 1. The number of hydrogen-bond donors (Lipinski definition) is 2. The van der Waals surface area contributed by atoms with Crippen LogP contribution < -0.4 is 11.3 Å². The van der Waals surface area contributed by atoms with Gasteiger partial charge in [-0.15, -0.1) is 0 Å². The third-order valence-corrected chi connectivity index (χ3v) is 2.59. The average Bonchev–Trinajstić information content (AvgIpc) is 2.71. The summed E-state index contributed by atoms with van der Waals surface area (Å²) < 4.78 is 28.3. The number of rotatable bonds is 3. The highest BCUT2D eigenvalue weighted by molar-refractivity contribution is 5.29. The van der Waals surface area contributed by atoms with Crippen LogP contribution in [-0.2, 0) is 7.05 Å². The van der Waals surface area contributed by atoms with Gasteiger partial charge in [0.25, 0.3) is 0 Å². The molecule has 4 nitrogen and oxygen atoms in total. The van der Waals surface area contributed by atoms with E-state index in [1.54, 1.807) is 24.0 Å². The van der Waals surface area contributed by atoms with Gasteiger partial charge < -0.3 is 0 Å². The molecule has 0 aliphatic rings. The zero-order chi connectivity index (χ0) is 12.4. The Morgan fingerprint density at radius 1 is 1.35 bits per heavy atom. The summed E-state index contributed by atoms with van der Waals surface area (Å²) in [7, 11) is 1.71. The first-order chi connectivity index (χ1) is 8.13. The Morgan fingerprint density at radius 2 is 2.12 bits per heavy atom. The van der Waals surface area contributed by atoms with E-state index in [0.29, 0.717) is 5.69 Å². The van der Waals surface area contributed by atoms with E-state index >= 15 is 0 Å². The van der Waals surface area contributed by atoms with Crippen molar-refractivity contribution in [2.45, 2.75) is 6.04 Å². The van der Waals surface area contributed by atoms with Gasteiger partial charge in [-0.3, -0.25) is 10.5 Å². The summed E-state index contributed by atoms with van der Waals surface area (Å²) in [4.78, 5) is 0. The van der Waals surface area contributed by atoms with Gasteiger partial charge in [0.15, 0.2) is 0 Å². The van der Waals surface area contributed by atoms with Crippen LogP contribution >= 0.6 is 0 Å². The first-order valence-electron chi connectivity index (χ1n) is 5.02. The van der Waals surface area contributed by atoms with E-state index in [2.05, 4.69) is 10.5 Å². The fraction of sp³-hybridized carbons (Fsp3) is 0.182. The molecule has 3 N–H and O–H groups in total. The monoisotopic (exact) mass is 238 g/mol. The lowest BCUT2D eigenvalue weighted by atomic mass is 10.0. The highest BCUT2D eigenvalue weighted by Crippen LogP contribution is 2.23. The minimum Gasteiger partial charge on any atom is -0.271 e. The fourth-order valence-electron chi connectivity index (χ4n) is 1.74. The van der Waals surface area contributed by atoms with Crippen molar-refractivity contribution < 1.29 is 8.78 Å². The van der Waals surface area contributed by atoms with E-state index in [1.165, 1.54) is 0 Å². The number of aryl methyl sites for hydroxylation is 1. The van der Waals surface area contributed by atoms with Crippen LogP contribution in [0, 0.1) is 11.6 Å². The van der Waals surface area contributed by atoms with Gasteiger partial charge in [0.2, 0.25) is 0 Å². The molecule has 0 aliphatic heterocycles. The second-order valence-electron chi connectivity index (χ2n) is 3.65.